The van der Waals surface area contributed by atoms with Crippen molar-refractivity contribution < 1.29 is 13.3 Å². The van der Waals surface area contributed by atoms with Crippen LogP contribution in [-0.2, 0) is 10.0 Å². The SMILES string of the molecule is CCC(C)Nc1ccc(S(=O)(=O)Nc2ccc(C)cc2C)cc1[N+](=O)[O-]. The second-order valence-electron chi connectivity index (χ2n) is 6.31. The van der Waals surface area contributed by atoms with E-state index in [9.17, 15) is 18.5 Å². The number of nitrogens with one attached hydrogen (secondary N) is 2. The van der Waals surface area contributed by atoms with Crippen molar-refractivity contribution in [3.05, 3.63) is 57.6 Å². The van der Waals surface area contributed by atoms with E-state index in [0.29, 0.717) is 11.4 Å². The van der Waals surface area contributed by atoms with Crippen molar-refractivity contribution in [1.82, 2.24) is 0 Å². The van der Waals surface area contributed by atoms with Crippen molar-refractivity contribution in [3.63, 3.8) is 0 Å². The van der Waals surface area contributed by atoms with Crippen LogP contribution in [0.15, 0.2) is 41.3 Å². The minimum Gasteiger partial charge on any atom is -0.377 e. The Labute approximate surface area is 153 Å². The fraction of sp³-hybridized carbons (Fsp3) is 0.333. The molecule has 2 aromatic rings. The number of nitro benzene ring substituents is 1. The summed E-state index contributed by atoms with van der Waals surface area (Å²) in [4.78, 5) is 10.6. The zero-order chi connectivity index (χ0) is 19.5. The summed E-state index contributed by atoms with van der Waals surface area (Å²) in [5.41, 5.74) is 2.27. The van der Waals surface area contributed by atoms with Gasteiger partial charge in [-0.25, -0.2) is 8.42 Å². The lowest BCUT2D eigenvalue weighted by Gasteiger charge is -2.15. The van der Waals surface area contributed by atoms with Gasteiger partial charge in [-0.2, -0.15) is 0 Å². The second kappa shape index (κ2) is 7.74. The molecule has 0 amide bonds. The number of sulfonamides is 1. The van der Waals surface area contributed by atoms with Crippen molar-refractivity contribution >= 4 is 27.1 Å². The molecule has 0 aromatic heterocycles. The van der Waals surface area contributed by atoms with Gasteiger partial charge < -0.3 is 5.32 Å². The lowest BCUT2D eigenvalue weighted by atomic mass is 10.1. The fourth-order valence-electron chi connectivity index (χ4n) is 2.45. The molecule has 7 nitrogen and oxygen atoms in total. The van der Waals surface area contributed by atoms with Gasteiger partial charge in [0.2, 0.25) is 0 Å². The summed E-state index contributed by atoms with van der Waals surface area (Å²) in [6, 6.07) is 9.24. The van der Waals surface area contributed by atoms with Crippen LogP contribution in [0.2, 0.25) is 0 Å². The number of aryl methyl sites for hydroxylation is 2. The number of rotatable bonds is 7. The quantitative estimate of drug-likeness (QED) is 0.555. The molecule has 2 N–H and O–H groups in total. The van der Waals surface area contributed by atoms with Crippen LogP contribution in [0, 0.1) is 24.0 Å². The summed E-state index contributed by atoms with van der Waals surface area (Å²) in [6.45, 7) is 7.57. The molecule has 1 unspecified atom stereocenters. The molecule has 0 spiro atoms. The monoisotopic (exact) mass is 377 g/mol. The van der Waals surface area contributed by atoms with Crippen molar-refractivity contribution in [3.8, 4) is 0 Å². The largest absolute Gasteiger partial charge is 0.377 e. The van der Waals surface area contributed by atoms with E-state index in [1.54, 1.807) is 19.1 Å². The molecular formula is C18H23N3O4S. The molecule has 1 atom stereocenters. The summed E-state index contributed by atoms with van der Waals surface area (Å²) < 4.78 is 27.8. The van der Waals surface area contributed by atoms with Gasteiger partial charge in [0.05, 0.1) is 15.5 Å². The predicted octanol–water partition coefficient (Wildman–Crippen LogP) is 4.22. The highest BCUT2D eigenvalue weighted by atomic mass is 32.2. The minimum atomic E-state index is -3.94. The normalized spacial score (nSPS) is 12.5. The highest BCUT2D eigenvalue weighted by Crippen LogP contribution is 2.29. The molecule has 0 saturated heterocycles. The first kappa shape index (κ1) is 19.7. The average Bonchev–Trinajstić information content (AvgIpc) is 2.57. The number of nitro groups is 1. The van der Waals surface area contributed by atoms with Crippen molar-refractivity contribution in [2.24, 2.45) is 0 Å². The zero-order valence-electron chi connectivity index (χ0n) is 15.2. The maximum atomic E-state index is 12.6. The molecule has 8 heteroatoms. The van der Waals surface area contributed by atoms with Crippen molar-refractivity contribution in [1.29, 1.82) is 0 Å². The number of hydrogen-bond acceptors (Lipinski definition) is 5. The number of hydrogen-bond donors (Lipinski definition) is 2. The minimum absolute atomic E-state index is 0.0319. The molecule has 0 heterocycles. The van der Waals surface area contributed by atoms with Gasteiger partial charge in [0.15, 0.2) is 0 Å². The van der Waals surface area contributed by atoms with Gasteiger partial charge >= 0.3 is 0 Å². The molecule has 2 rings (SSSR count). The second-order valence-corrected chi connectivity index (χ2v) is 8.00. The van der Waals surface area contributed by atoms with E-state index in [4.69, 9.17) is 0 Å². The lowest BCUT2D eigenvalue weighted by Crippen LogP contribution is -2.16. The standard InChI is InChI=1S/C18H23N3O4S/c1-5-14(4)19-17-9-7-15(11-18(17)21(22)23)26(24,25)20-16-8-6-12(2)10-13(16)3/h6-11,14,19-20H,5H2,1-4H3. The Morgan fingerprint density at radius 3 is 2.35 bits per heavy atom. The maximum absolute atomic E-state index is 12.6. The molecule has 0 aliphatic rings. The molecule has 0 fully saturated rings. The van der Waals surface area contributed by atoms with Gasteiger partial charge in [-0.05, 0) is 51.0 Å². The highest BCUT2D eigenvalue weighted by molar-refractivity contribution is 7.92. The van der Waals surface area contributed by atoms with E-state index in [1.807, 2.05) is 26.8 Å². The first-order valence-electron chi connectivity index (χ1n) is 8.29. The third kappa shape index (κ3) is 4.51. The van der Waals surface area contributed by atoms with E-state index in [1.165, 1.54) is 12.1 Å². The lowest BCUT2D eigenvalue weighted by molar-refractivity contribution is -0.384. The summed E-state index contributed by atoms with van der Waals surface area (Å²) in [5, 5.41) is 14.4. The summed E-state index contributed by atoms with van der Waals surface area (Å²) in [5.74, 6) is 0. The van der Waals surface area contributed by atoms with Gasteiger partial charge in [-0.3, -0.25) is 14.8 Å². The number of nitrogens with zero attached hydrogens (tertiary/aromatic N) is 1. The van der Waals surface area contributed by atoms with Gasteiger partial charge in [-0.1, -0.05) is 24.6 Å². The van der Waals surface area contributed by atoms with Crippen molar-refractivity contribution in [2.75, 3.05) is 10.0 Å². The third-order valence-corrected chi connectivity index (χ3v) is 5.48. The van der Waals surface area contributed by atoms with Gasteiger partial charge in [0, 0.05) is 12.1 Å². The summed E-state index contributed by atoms with van der Waals surface area (Å²) in [6.07, 6.45) is 0.783. The van der Waals surface area contributed by atoms with Crippen LogP contribution in [0.3, 0.4) is 0 Å². The van der Waals surface area contributed by atoms with E-state index in [-0.39, 0.29) is 16.6 Å². The van der Waals surface area contributed by atoms with Gasteiger partial charge in [0.25, 0.3) is 15.7 Å². The van der Waals surface area contributed by atoms with Crippen LogP contribution >= 0.6 is 0 Å². The highest BCUT2D eigenvalue weighted by Gasteiger charge is 2.22. The van der Waals surface area contributed by atoms with Gasteiger partial charge in [0.1, 0.15) is 5.69 Å². The summed E-state index contributed by atoms with van der Waals surface area (Å²) in [7, 11) is -3.94. The zero-order valence-corrected chi connectivity index (χ0v) is 16.1. The Balaban J connectivity index is 2.40. The number of benzene rings is 2. The molecule has 0 aliphatic heterocycles. The fourth-order valence-corrected chi connectivity index (χ4v) is 3.60. The molecule has 0 saturated carbocycles. The topological polar surface area (TPSA) is 101 Å². The first-order chi connectivity index (χ1) is 12.1. The molecule has 0 bridgehead atoms. The van der Waals surface area contributed by atoms with Crippen LogP contribution in [0.1, 0.15) is 31.4 Å². The van der Waals surface area contributed by atoms with E-state index < -0.39 is 14.9 Å². The van der Waals surface area contributed by atoms with Crippen LogP contribution in [-0.4, -0.2) is 19.4 Å². The Kier molecular flexibility index (Phi) is 5.86. The Morgan fingerprint density at radius 1 is 1.12 bits per heavy atom. The van der Waals surface area contributed by atoms with Crippen LogP contribution in [0.4, 0.5) is 17.1 Å². The molecule has 26 heavy (non-hydrogen) atoms. The molecule has 2 aromatic carbocycles. The van der Waals surface area contributed by atoms with Crippen LogP contribution in [0.5, 0.6) is 0 Å². The van der Waals surface area contributed by atoms with E-state index in [2.05, 4.69) is 10.0 Å². The first-order valence-corrected chi connectivity index (χ1v) is 9.77. The van der Waals surface area contributed by atoms with Gasteiger partial charge in [-0.15, -0.1) is 0 Å². The molecular weight excluding hydrogens is 354 g/mol. The Hall–Kier alpha value is -2.61. The van der Waals surface area contributed by atoms with Crippen LogP contribution in [0.25, 0.3) is 0 Å². The Morgan fingerprint density at radius 2 is 1.77 bits per heavy atom. The smallest absolute Gasteiger partial charge is 0.293 e. The number of anilines is 2. The third-order valence-electron chi connectivity index (χ3n) is 4.12. The maximum Gasteiger partial charge on any atom is 0.293 e. The molecule has 140 valence electrons. The Bertz CT molecular complexity index is 926. The predicted molar refractivity (Wildman–Crippen MR) is 103 cm³/mol. The van der Waals surface area contributed by atoms with E-state index >= 15 is 0 Å². The van der Waals surface area contributed by atoms with Crippen molar-refractivity contribution in [2.45, 2.75) is 45.1 Å². The molecule has 0 aliphatic carbocycles. The molecule has 0 radical (unpaired) electrons. The van der Waals surface area contributed by atoms with Crippen LogP contribution < -0.4 is 10.0 Å². The summed E-state index contributed by atoms with van der Waals surface area (Å²) >= 11 is 0. The van der Waals surface area contributed by atoms with E-state index in [0.717, 1.165) is 23.6 Å². The average molecular weight is 377 g/mol.